The maximum atomic E-state index is 15.2. The number of halogens is 3. The Kier molecular flexibility index (Phi) is 6.70. The SMILES string of the molecule is CC(C)(C)OC(=O)NC1=N[C@](C)(c2cc(NC(=O)c3ccc(Cl)cn3)cc(F)c2F)[C@@H]2C[C@]2(C(N)=O)S1. The molecule has 1 aromatic carbocycles. The van der Waals surface area contributed by atoms with Crippen LogP contribution in [0, 0.1) is 17.6 Å². The number of amidine groups is 1. The van der Waals surface area contributed by atoms with Crippen LogP contribution in [0.3, 0.4) is 0 Å². The summed E-state index contributed by atoms with van der Waals surface area (Å²) in [6, 6.07) is 4.90. The fraction of sp³-hybridized carbons (Fsp3) is 0.375. The van der Waals surface area contributed by atoms with E-state index in [1.807, 2.05) is 0 Å². The van der Waals surface area contributed by atoms with Crippen molar-refractivity contribution in [3.63, 3.8) is 0 Å². The molecule has 0 unspecified atom stereocenters. The van der Waals surface area contributed by atoms with E-state index >= 15 is 4.39 Å². The monoisotopic (exact) mass is 551 g/mol. The second kappa shape index (κ2) is 9.25. The Bertz CT molecular complexity index is 1330. The van der Waals surface area contributed by atoms with Gasteiger partial charge in [-0.1, -0.05) is 23.4 Å². The molecule has 2 aromatic rings. The van der Waals surface area contributed by atoms with Crippen molar-refractivity contribution in [3.05, 3.63) is 58.4 Å². The average Bonchev–Trinajstić information content (AvgIpc) is 3.52. The quantitative estimate of drug-likeness (QED) is 0.517. The first-order chi connectivity index (χ1) is 17.1. The van der Waals surface area contributed by atoms with Gasteiger partial charge in [-0.25, -0.2) is 18.6 Å². The van der Waals surface area contributed by atoms with Crippen molar-refractivity contribution in [2.45, 2.75) is 50.0 Å². The number of ether oxygens (including phenoxy) is 1. The molecule has 13 heteroatoms. The van der Waals surface area contributed by atoms with Gasteiger partial charge in [-0.15, -0.1) is 0 Å². The molecule has 1 aromatic heterocycles. The Morgan fingerprint density at radius 2 is 1.92 bits per heavy atom. The third-order valence-electron chi connectivity index (χ3n) is 6.02. The number of pyridine rings is 1. The van der Waals surface area contributed by atoms with Gasteiger partial charge in [-0.3, -0.25) is 19.9 Å². The zero-order chi connectivity index (χ0) is 27.3. The number of benzene rings is 1. The molecule has 1 aliphatic carbocycles. The van der Waals surface area contributed by atoms with Crippen molar-refractivity contribution >= 4 is 52.1 Å². The van der Waals surface area contributed by atoms with Gasteiger partial charge in [0.2, 0.25) is 5.91 Å². The molecule has 0 spiro atoms. The second-order valence-corrected chi connectivity index (χ2v) is 11.7. The standard InChI is InChI=1S/C24H24ClF2N5O4S/c1-22(2,3)36-21(35)31-20-32-23(4,16-9-24(16,37-20)19(28)34)13-7-12(8-14(26)17(13)27)30-18(33)15-6-5-11(25)10-29-15/h5-8,10,16H,9H2,1-4H3,(H2,28,34)(H,30,33)(H,31,32,35)/t16-,23+,24-/m0/s1. The summed E-state index contributed by atoms with van der Waals surface area (Å²) in [5.41, 5.74) is 3.09. The van der Waals surface area contributed by atoms with E-state index in [1.165, 1.54) is 31.3 Å². The molecule has 1 saturated carbocycles. The smallest absolute Gasteiger partial charge is 0.413 e. The highest BCUT2D eigenvalue weighted by Crippen LogP contribution is 2.66. The molecule has 0 saturated heterocycles. The maximum Gasteiger partial charge on any atom is 0.413 e. The highest BCUT2D eigenvalue weighted by atomic mass is 35.5. The largest absolute Gasteiger partial charge is 0.444 e. The van der Waals surface area contributed by atoms with Crippen molar-refractivity contribution in [1.29, 1.82) is 0 Å². The molecule has 2 heterocycles. The number of aromatic nitrogens is 1. The van der Waals surface area contributed by atoms with Crippen LogP contribution in [0.25, 0.3) is 0 Å². The highest BCUT2D eigenvalue weighted by Gasteiger charge is 2.70. The number of aliphatic imine (C=N–C) groups is 1. The highest BCUT2D eigenvalue weighted by molar-refractivity contribution is 8.16. The van der Waals surface area contributed by atoms with Crippen molar-refractivity contribution in [2.75, 3.05) is 5.32 Å². The number of carbonyl (C=O) groups excluding carboxylic acids is 3. The molecule has 9 nitrogen and oxygen atoms in total. The second-order valence-electron chi connectivity index (χ2n) is 9.94. The third kappa shape index (κ3) is 5.26. The van der Waals surface area contributed by atoms with Crippen LogP contribution in [0.4, 0.5) is 19.3 Å². The van der Waals surface area contributed by atoms with Gasteiger partial charge < -0.3 is 15.8 Å². The fourth-order valence-corrected chi connectivity index (χ4v) is 5.79. The lowest BCUT2D eigenvalue weighted by molar-refractivity contribution is -0.118. The lowest BCUT2D eigenvalue weighted by Gasteiger charge is -2.34. The first-order valence-electron chi connectivity index (χ1n) is 11.2. The summed E-state index contributed by atoms with van der Waals surface area (Å²) in [4.78, 5) is 45.8. The lowest BCUT2D eigenvalue weighted by atomic mass is 9.85. The topological polar surface area (TPSA) is 136 Å². The Labute approximate surface area is 220 Å². The van der Waals surface area contributed by atoms with Crippen LogP contribution in [0.1, 0.15) is 50.2 Å². The normalized spacial score (nSPS) is 24.4. The fourth-order valence-electron chi connectivity index (χ4n) is 4.24. The molecule has 4 N–H and O–H groups in total. The number of rotatable bonds is 4. The number of carbonyl (C=O) groups is 3. The van der Waals surface area contributed by atoms with Gasteiger partial charge in [0.1, 0.15) is 16.0 Å². The molecular formula is C24H24ClF2N5O4S. The summed E-state index contributed by atoms with van der Waals surface area (Å²) in [6.07, 6.45) is 0.667. The van der Waals surface area contributed by atoms with E-state index in [4.69, 9.17) is 22.1 Å². The van der Waals surface area contributed by atoms with E-state index in [9.17, 15) is 18.8 Å². The number of hydrogen-bond acceptors (Lipinski definition) is 7. The minimum atomic E-state index is -1.51. The predicted molar refractivity (Wildman–Crippen MR) is 135 cm³/mol. The summed E-state index contributed by atoms with van der Waals surface area (Å²) >= 11 is 6.75. The van der Waals surface area contributed by atoms with Crippen LogP contribution in [0.5, 0.6) is 0 Å². The van der Waals surface area contributed by atoms with Crippen LogP contribution >= 0.6 is 23.4 Å². The number of nitrogens with one attached hydrogen (secondary N) is 2. The molecule has 4 rings (SSSR count). The van der Waals surface area contributed by atoms with Crippen molar-refractivity contribution in [2.24, 2.45) is 16.6 Å². The van der Waals surface area contributed by atoms with Crippen LogP contribution in [-0.4, -0.2) is 38.4 Å². The molecule has 1 aliphatic heterocycles. The number of nitrogens with zero attached hydrogens (tertiary/aromatic N) is 2. The van der Waals surface area contributed by atoms with Crippen LogP contribution < -0.4 is 16.4 Å². The van der Waals surface area contributed by atoms with E-state index in [0.717, 1.165) is 17.8 Å². The van der Waals surface area contributed by atoms with Gasteiger partial charge in [-0.2, -0.15) is 0 Å². The molecule has 196 valence electrons. The number of hydrogen-bond donors (Lipinski definition) is 3. The predicted octanol–water partition coefficient (Wildman–Crippen LogP) is 4.35. The van der Waals surface area contributed by atoms with E-state index in [1.54, 1.807) is 20.8 Å². The Morgan fingerprint density at radius 3 is 2.51 bits per heavy atom. The number of amides is 3. The molecule has 3 amide bonds. The lowest BCUT2D eigenvalue weighted by Crippen LogP contribution is -2.45. The minimum absolute atomic E-state index is 0.00719. The first-order valence-corrected chi connectivity index (χ1v) is 12.4. The average molecular weight is 552 g/mol. The van der Waals surface area contributed by atoms with Gasteiger partial charge in [0.15, 0.2) is 16.8 Å². The van der Waals surface area contributed by atoms with E-state index < -0.39 is 51.3 Å². The van der Waals surface area contributed by atoms with Gasteiger partial charge in [-0.05, 0) is 52.3 Å². The zero-order valence-corrected chi connectivity index (χ0v) is 21.9. The van der Waals surface area contributed by atoms with Crippen molar-refractivity contribution in [3.8, 4) is 0 Å². The number of fused-ring (bicyclic) bond motifs is 1. The molecular weight excluding hydrogens is 528 g/mol. The van der Waals surface area contributed by atoms with Crippen LogP contribution in [-0.2, 0) is 15.1 Å². The minimum Gasteiger partial charge on any atom is -0.444 e. The van der Waals surface area contributed by atoms with Crippen LogP contribution in [0.15, 0.2) is 35.5 Å². The number of thioether (sulfide) groups is 1. The molecule has 2 aliphatic rings. The number of alkyl carbamates (subject to hydrolysis) is 1. The summed E-state index contributed by atoms with van der Waals surface area (Å²) < 4.78 is 34.1. The summed E-state index contributed by atoms with van der Waals surface area (Å²) in [5.74, 6) is -4.39. The summed E-state index contributed by atoms with van der Waals surface area (Å²) in [5, 5.41) is 5.27. The van der Waals surface area contributed by atoms with E-state index in [-0.39, 0.29) is 28.5 Å². The third-order valence-corrected chi connectivity index (χ3v) is 7.64. The molecule has 1 fully saturated rings. The van der Waals surface area contributed by atoms with E-state index in [2.05, 4.69) is 20.6 Å². The summed E-state index contributed by atoms with van der Waals surface area (Å²) in [7, 11) is 0. The van der Waals surface area contributed by atoms with Crippen molar-refractivity contribution < 1.29 is 27.9 Å². The first kappa shape index (κ1) is 26.8. The Morgan fingerprint density at radius 1 is 1.22 bits per heavy atom. The molecule has 0 bridgehead atoms. The number of nitrogens with two attached hydrogens (primary N) is 1. The van der Waals surface area contributed by atoms with E-state index in [0.29, 0.717) is 5.02 Å². The van der Waals surface area contributed by atoms with Gasteiger partial charge >= 0.3 is 6.09 Å². The zero-order valence-electron chi connectivity index (χ0n) is 20.3. The summed E-state index contributed by atoms with van der Waals surface area (Å²) in [6.45, 7) is 6.53. The van der Waals surface area contributed by atoms with Gasteiger partial charge in [0.05, 0.1) is 10.6 Å². The van der Waals surface area contributed by atoms with Crippen LogP contribution in [0.2, 0.25) is 5.02 Å². The van der Waals surface area contributed by atoms with Crippen molar-refractivity contribution in [1.82, 2.24) is 10.3 Å². The molecule has 3 atom stereocenters. The van der Waals surface area contributed by atoms with Gasteiger partial charge in [0, 0.05) is 29.4 Å². The number of primary amides is 1. The maximum absolute atomic E-state index is 15.2. The molecule has 37 heavy (non-hydrogen) atoms. The molecule has 0 radical (unpaired) electrons. The Hall–Kier alpha value is -3.25. The van der Waals surface area contributed by atoms with Gasteiger partial charge in [0.25, 0.3) is 5.91 Å². The Balaban J connectivity index is 1.72. The number of anilines is 1.